The van der Waals surface area contributed by atoms with Gasteiger partial charge in [-0.15, -0.1) is 0 Å². The number of H-pyrrole nitrogens is 1. The zero-order chi connectivity index (χ0) is 20.0. The van der Waals surface area contributed by atoms with Crippen molar-refractivity contribution in [3.63, 3.8) is 0 Å². The number of allylic oxidation sites excluding steroid dienone is 2. The summed E-state index contributed by atoms with van der Waals surface area (Å²) in [7, 11) is 4.29. The summed E-state index contributed by atoms with van der Waals surface area (Å²) in [6.07, 6.45) is 6.20. The molecule has 0 amide bonds. The zero-order valence-corrected chi connectivity index (χ0v) is 16.5. The number of fused-ring (bicyclic) bond motifs is 2. The molecule has 0 spiro atoms. The lowest BCUT2D eigenvalue weighted by Crippen LogP contribution is -2.34. The van der Waals surface area contributed by atoms with Gasteiger partial charge in [0.05, 0.1) is 18.7 Å². The molecule has 1 atom stereocenters. The molecule has 1 aliphatic heterocycles. The van der Waals surface area contributed by atoms with Gasteiger partial charge >= 0.3 is 0 Å². The molecule has 1 unspecified atom stereocenters. The highest BCUT2D eigenvalue weighted by Gasteiger charge is 2.37. The van der Waals surface area contributed by atoms with E-state index in [9.17, 15) is 0 Å². The van der Waals surface area contributed by atoms with Gasteiger partial charge in [-0.25, -0.2) is 9.47 Å². The average molecular weight is 389 g/mol. The molecule has 29 heavy (non-hydrogen) atoms. The number of nitrogens with one attached hydrogen (secondary N) is 2. The van der Waals surface area contributed by atoms with Crippen LogP contribution in [0.25, 0.3) is 15.9 Å². The normalized spacial score (nSPS) is 24.4. The standard InChI is InChI=1S/C21H23N7O/c1-22-20-17(14-5-4-6-16-19(14)27-29-26-16)15-11-23-25-21(15)24-18(20)12-7-9-13(10-8-12)28(2)3/h4-6,11-13,17H,7-10H2,2-3H3,(H2,23,24,25). The first-order valence-electron chi connectivity index (χ1n) is 9.96. The topological polar surface area (TPSA) is 87.2 Å². The smallest absolute Gasteiger partial charge is 0.196 e. The zero-order valence-electron chi connectivity index (χ0n) is 16.5. The first kappa shape index (κ1) is 17.9. The van der Waals surface area contributed by atoms with Crippen molar-refractivity contribution in [2.24, 2.45) is 5.92 Å². The Hall–Kier alpha value is -3.18. The van der Waals surface area contributed by atoms with Crippen LogP contribution in [0.5, 0.6) is 0 Å². The van der Waals surface area contributed by atoms with Crippen LogP contribution in [0.1, 0.15) is 42.7 Å². The fraction of sp³-hybridized carbons (Fsp3) is 0.429. The third-order valence-corrected chi connectivity index (χ3v) is 6.37. The molecule has 1 saturated carbocycles. The lowest BCUT2D eigenvalue weighted by molar-refractivity contribution is 0.205. The SMILES string of the molecule is [C-]#[N+]C1=C(C2CCC(N(C)C)CC2)Nc2[nH]ncc2C1c1cccc2nonc12. The van der Waals surface area contributed by atoms with E-state index in [4.69, 9.17) is 11.2 Å². The second kappa shape index (κ2) is 7.01. The van der Waals surface area contributed by atoms with Crippen molar-refractivity contribution in [1.82, 2.24) is 25.4 Å². The first-order chi connectivity index (χ1) is 14.2. The van der Waals surface area contributed by atoms with Crippen LogP contribution >= 0.6 is 0 Å². The Labute approximate surface area is 168 Å². The van der Waals surface area contributed by atoms with Crippen molar-refractivity contribution in [2.75, 3.05) is 19.4 Å². The number of rotatable bonds is 3. The van der Waals surface area contributed by atoms with Gasteiger partial charge in [0.1, 0.15) is 16.9 Å². The van der Waals surface area contributed by atoms with Crippen molar-refractivity contribution in [3.8, 4) is 0 Å². The molecule has 8 heteroatoms. The predicted molar refractivity (Wildman–Crippen MR) is 109 cm³/mol. The molecule has 148 valence electrons. The van der Waals surface area contributed by atoms with E-state index in [2.05, 4.69) is 49.7 Å². The highest BCUT2D eigenvalue weighted by Crippen LogP contribution is 2.46. The number of nitrogens with zero attached hydrogens (tertiary/aromatic N) is 5. The van der Waals surface area contributed by atoms with Crippen LogP contribution in [0.2, 0.25) is 0 Å². The fourth-order valence-electron chi connectivity index (χ4n) is 4.81. The van der Waals surface area contributed by atoms with E-state index in [1.807, 2.05) is 18.2 Å². The number of aromatic nitrogens is 4. The third-order valence-electron chi connectivity index (χ3n) is 6.37. The minimum atomic E-state index is -0.236. The number of aromatic amines is 1. The van der Waals surface area contributed by atoms with Crippen molar-refractivity contribution in [3.05, 3.63) is 58.3 Å². The summed E-state index contributed by atoms with van der Waals surface area (Å²) in [6, 6.07) is 6.43. The highest BCUT2D eigenvalue weighted by atomic mass is 16.6. The van der Waals surface area contributed by atoms with Gasteiger partial charge in [-0.05, 0) is 67.6 Å². The van der Waals surface area contributed by atoms with E-state index in [1.165, 1.54) is 0 Å². The molecule has 5 rings (SSSR count). The van der Waals surface area contributed by atoms with Gasteiger partial charge in [0.25, 0.3) is 0 Å². The minimum absolute atomic E-state index is 0.236. The van der Waals surface area contributed by atoms with Gasteiger partial charge in [0.2, 0.25) is 0 Å². The van der Waals surface area contributed by atoms with Crippen molar-refractivity contribution >= 4 is 16.9 Å². The van der Waals surface area contributed by atoms with Crippen LogP contribution in [0.3, 0.4) is 0 Å². The van der Waals surface area contributed by atoms with Crippen LogP contribution in [0.4, 0.5) is 5.82 Å². The van der Waals surface area contributed by atoms with E-state index in [-0.39, 0.29) is 5.92 Å². The lowest BCUT2D eigenvalue weighted by atomic mass is 9.78. The molecule has 3 heterocycles. The van der Waals surface area contributed by atoms with E-state index in [0.29, 0.717) is 23.0 Å². The number of hydrogen-bond donors (Lipinski definition) is 2. The van der Waals surface area contributed by atoms with Crippen molar-refractivity contribution < 1.29 is 4.63 Å². The van der Waals surface area contributed by atoms with Crippen molar-refractivity contribution in [2.45, 2.75) is 37.6 Å². The number of benzene rings is 1. The Morgan fingerprint density at radius 1 is 1.14 bits per heavy atom. The Bertz CT molecular complexity index is 1110. The minimum Gasteiger partial charge on any atom is -0.354 e. The maximum atomic E-state index is 8.03. The van der Waals surface area contributed by atoms with E-state index in [1.54, 1.807) is 6.20 Å². The van der Waals surface area contributed by atoms with Gasteiger partial charge in [0, 0.05) is 17.3 Å². The first-order valence-corrected chi connectivity index (χ1v) is 9.96. The molecule has 1 aliphatic carbocycles. The van der Waals surface area contributed by atoms with Gasteiger partial charge in [-0.3, -0.25) is 5.10 Å². The van der Waals surface area contributed by atoms with E-state index in [0.717, 1.165) is 54.0 Å². The van der Waals surface area contributed by atoms with Crippen LogP contribution in [-0.2, 0) is 0 Å². The molecular weight excluding hydrogens is 366 g/mol. The molecule has 3 aromatic rings. The van der Waals surface area contributed by atoms with Crippen LogP contribution < -0.4 is 5.32 Å². The van der Waals surface area contributed by atoms with Crippen LogP contribution in [-0.4, -0.2) is 45.5 Å². The monoisotopic (exact) mass is 389 g/mol. The predicted octanol–water partition coefficient (Wildman–Crippen LogP) is 3.75. The maximum Gasteiger partial charge on any atom is 0.196 e. The summed E-state index contributed by atoms with van der Waals surface area (Å²) >= 11 is 0. The molecule has 2 aromatic heterocycles. The fourth-order valence-corrected chi connectivity index (χ4v) is 4.81. The van der Waals surface area contributed by atoms with Gasteiger partial charge < -0.3 is 10.2 Å². The van der Waals surface area contributed by atoms with Crippen LogP contribution in [0, 0.1) is 12.5 Å². The second-order valence-electron chi connectivity index (χ2n) is 8.12. The summed E-state index contributed by atoms with van der Waals surface area (Å²) in [4.78, 5) is 6.33. The third kappa shape index (κ3) is 2.89. The van der Waals surface area contributed by atoms with Crippen molar-refractivity contribution in [1.29, 1.82) is 0 Å². The Morgan fingerprint density at radius 2 is 1.97 bits per heavy atom. The molecule has 8 nitrogen and oxygen atoms in total. The quantitative estimate of drug-likeness (QED) is 0.664. The number of hydrogen-bond acceptors (Lipinski definition) is 6. The van der Waals surface area contributed by atoms with Gasteiger partial charge in [0.15, 0.2) is 5.70 Å². The maximum absolute atomic E-state index is 8.03. The summed E-state index contributed by atoms with van der Waals surface area (Å²) in [6.45, 7) is 8.03. The Balaban J connectivity index is 1.60. The molecule has 0 saturated heterocycles. The molecule has 2 aliphatic rings. The molecule has 1 fully saturated rings. The highest BCUT2D eigenvalue weighted by molar-refractivity contribution is 5.80. The van der Waals surface area contributed by atoms with E-state index < -0.39 is 0 Å². The molecule has 0 bridgehead atoms. The molecule has 0 radical (unpaired) electrons. The van der Waals surface area contributed by atoms with Gasteiger partial charge in [-0.2, -0.15) is 5.10 Å². The van der Waals surface area contributed by atoms with Gasteiger partial charge in [-0.1, -0.05) is 12.1 Å². The van der Waals surface area contributed by atoms with E-state index >= 15 is 0 Å². The molecule has 2 N–H and O–H groups in total. The number of anilines is 1. The van der Waals surface area contributed by atoms with Crippen LogP contribution in [0.15, 0.2) is 40.4 Å². The largest absolute Gasteiger partial charge is 0.354 e. The molecule has 1 aromatic carbocycles. The average Bonchev–Trinajstić information content (AvgIpc) is 3.41. The second-order valence-corrected chi connectivity index (χ2v) is 8.12. The summed E-state index contributed by atoms with van der Waals surface area (Å²) < 4.78 is 4.97. The summed E-state index contributed by atoms with van der Waals surface area (Å²) in [5, 5.41) is 18.9. The lowest BCUT2D eigenvalue weighted by Gasteiger charge is -2.36. The molecular formula is C21H23N7O. The Morgan fingerprint density at radius 3 is 2.72 bits per heavy atom. The summed E-state index contributed by atoms with van der Waals surface area (Å²) in [5.74, 6) is 0.962. The Kier molecular flexibility index (Phi) is 4.32. The summed E-state index contributed by atoms with van der Waals surface area (Å²) in [5.41, 5.74) is 5.03.